The van der Waals surface area contributed by atoms with Crippen LogP contribution >= 0.6 is 0 Å². The number of esters is 1. The number of fused-ring (bicyclic) bond motifs is 1. The van der Waals surface area contributed by atoms with Crippen LogP contribution in [0.2, 0.25) is 0 Å². The van der Waals surface area contributed by atoms with E-state index in [-0.39, 0.29) is 34.9 Å². The second-order valence-corrected chi connectivity index (χ2v) is 11.0. The lowest BCUT2D eigenvalue weighted by atomic mass is 9.54. The van der Waals surface area contributed by atoms with Crippen molar-refractivity contribution in [3.63, 3.8) is 0 Å². The summed E-state index contributed by atoms with van der Waals surface area (Å²) in [6.45, 7) is 1.19. The Labute approximate surface area is 220 Å². The number of ether oxygens (including phenoxy) is 2. The van der Waals surface area contributed by atoms with Gasteiger partial charge in [-0.1, -0.05) is 17.7 Å². The second-order valence-electron chi connectivity index (χ2n) is 9.07. The lowest BCUT2D eigenvalue weighted by Crippen LogP contribution is -2.49. The zero-order valence-electron chi connectivity index (χ0n) is 20.5. The Morgan fingerprint density at radius 1 is 0.974 bits per heavy atom. The zero-order valence-corrected chi connectivity index (χ0v) is 21.3. The molecule has 190 valence electrons. The van der Waals surface area contributed by atoms with Gasteiger partial charge in [-0.15, -0.1) is 0 Å². The summed E-state index contributed by atoms with van der Waals surface area (Å²) >= 11 is 0. The number of methoxy groups -OCH3 is 1. The summed E-state index contributed by atoms with van der Waals surface area (Å²) in [7, 11) is -2.61. The SMILES string of the molecule is COc1ccc(C(=O)OC2=C3CN(S(=O)(=O)c4ccc(C)cc4)CC3C(C#N)(C#N)C(C#N)(C#N)C2)cc1. The first-order valence-corrected chi connectivity index (χ1v) is 12.9. The molecule has 2 aromatic carbocycles. The molecule has 38 heavy (non-hydrogen) atoms. The lowest BCUT2D eigenvalue weighted by Gasteiger charge is -2.40. The number of allylic oxidation sites excluding steroid dienone is 1. The smallest absolute Gasteiger partial charge is 0.343 e. The van der Waals surface area contributed by atoms with Gasteiger partial charge < -0.3 is 9.47 Å². The van der Waals surface area contributed by atoms with Crippen molar-refractivity contribution in [1.29, 1.82) is 21.0 Å². The van der Waals surface area contributed by atoms with Crippen molar-refractivity contribution >= 4 is 16.0 Å². The van der Waals surface area contributed by atoms with E-state index in [9.17, 15) is 34.3 Å². The maximum atomic E-state index is 13.5. The minimum absolute atomic E-state index is 0.00506. The number of hydrogen-bond donors (Lipinski definition) is 0. The quantitative estimate of drug-likeness (QED) is 0.530. The predicted octanol–water partition coefficient (Wildman–Crippen LogP) is 3.21. The summed E-state index contributed by atoms with van der Waals surface area (Å²) in [6.07, 6.45) is -0.534. The molecule has 0 amide bonds. The largest absolute Gasteiger partial charge is 0.497 e. The Balaban J connectivity index is 1.83. The van der Waals surface area contributed by atoms with Gasteiger partial charge in [0.05, 0.1) is 41.8 Å². The van der Waals surface area contributed by atoms with Crippen molar-refractivity contribution in [2.24, 2.45) is 16.7 Å². The third kappa shape index (κ3) is 3.96. The summed E-state index contributed by atoms with van der Waals surface area (Å²) in [5, 5.41) is 40.3. The Morgan fingerprint density at radius 3 is 2.11 bits per heavy atom. The van der Waals surface area contributed by atoms with E-state index < -0.39 is 39.2 Å². The van der Waals surface area contributed by atoms with Gasteiger partial charge in [-0.25, -0.2) is 13.2 Å². The third-order valence-electron chi connectivity index (χ3n) is 7.07. The van der Waals surface area contributed by atoms with E-state index in [1.54, 1.807) is 36.4 Å². The average Bonchev–Trinajstić information content (AvgIpc) is 3.40. The fourth-order valence-corrected chi connectivity index (χ4v) is 6.28. The van der Waals surface area contributed by atoms with Gasteiger partial charge in [0.2, 0.25) is 10.0 Å². The predicted molar refractivity (Wildman–Crippen MR) is 131 cm³/mol. The summed E-state index contributed by atoms with van der Waals surface area (Å²) in [5.74, 6) is -1.57. The topological polar surface area (TPSA) is 168 Å². The van der Waals surface area contributed by atoms with Crippen LogP contribution < -0.4 is 4.74 Å². The summed E-state index contributed by atoms with van der Waals surface area (Å²) in [5.41, 5.74) is -3.18. The van der Waals surface area contributed by atoms with Gasteiger partial charge in [0, 0.05) is 25.4 Å². The van der Waals surface area contributed by atoms with Gasteiger partial charge in [-0.3, -0.25) is 0 Å². The molecule has 1 saturated heterocycles. The van der Waals surface area contributed by atoms with E-state index in [4.69, 9.17) is 9.47 Å². The van der Waals surface area contributed by atoms with Crippen molar-refractivity contribution in [3.8, 4) is 30.0 Å². The van der Waals surface area contributed by atoms with Gasteiger partial charge in [-0.05, 0) is 48.9 Å². The highest BCUT2D eigenvalue weighted by Gasteiger charge is 2.66. The molecule has 0 aromatic heterocycles. The van der Waals surface area contributed by atoms with Crippen LogP contribution in [0.3, 0.4) is 0 Å². The van der Waals surface area contributed by atoms with E-state index in [1.165, 1.54) is 31.4 Å². The van der Waals surface area contributed by atoms with Gasteiger partial charge >= 0.3 is 5.97 Å². The van der Waals surface area contributed by atoms with Crippen LogP contribution in [0.15, 0.2) is 64.8 Å². The first kappa shape index (κ1) is 26.4. The number of aryl methyl sites for hydroxylation is 1. The van der Waals surface area contributed by atoms with Crippen LogP contribution in [0.5, 0.6) is 5.75 Å². The Hall–Kier alpha value is -4.68. The van der Waals surface area contributed by atoms with Crippen molar-refractivity contribution in [3.05, 3.63) is 71.0 Å². The van der Waals surface area contributed by atoms with Crippen LogP contribution in [0, 0.1) is 69.0 Å². The fourth-order valence-electron chi connectivity index (χ4n) is 4.84. The van der Waals surface area contributed by atoms with Crippen molar-refractivity contribution in [2.45, 2.75) is 18.2 Å². The van der Waals surface area contributed by atoms with Gasteiger partial charge in [0.25, 0.3) is 0 Å². The number of nitriles is 4. The maximum absolute atomic E-state index is 13.5. The standard InChI is InChI=1S/C27H21N5O5S/c1-18-3-9-21(10-4-18)38(34,35)32-12-22-23(13-32)27(16-30,17-31)26(14-28,15-29)11-24(22)37-25(33)19-5-7-20(36-2)8-6-19/h3-10,23H,11-13H2,1-2H3. The molecule has 0 saturated carbocycles. The number of rotatable bonds is 5. The Bertz CT molecular complexity index is 1570. The summed E-state index contributed by atoms with van der Waals surface area (Å²) in [4.78, 5) is 13.0. The molecule has 1 heterocycles. The van der Waals surface area contributed by atoms with Gasteiger partial charge in [0.1, 0.15) is 11.5 Å². The van der Waals surface area contributed by atoms with Crippen molar-refractivity contribution in [1.82, 2.24) is 4.31 Å². The molecule has 0 spiro atoms. The van der Waals surface area contributed by atoms with Crippen LogP contribution in [0.25, 0.3) is 0 Å². The zero-order chi connectivity index (χ0) is 27.7. The highest BCUT2D eigenvalue weighted by Crippen LogP contribution is 2.57. The molecule has 0 N–H and O–H groups in total. The molecule has 1 aliphatic heterocycles. The molecular weight excluding hydrogens is 506 g/mol. The number of benzene rings is 2. The summed E-state index contributed by atoms with van der Waals surface area (Å²) in [6, 6.07) is 19.5. The molecule has 0 radical (unpaired) electrons. The second kappa shape index (κ2) is 9.65. The number of carbonyl (C=O) groups excluding carboxylic acids is 1. The molecule has 2 aromatic rings. The van der Waals surface area contributed by atoms with Crippen LogP contribution in [-0.2, 0) is 14.8 Å². The maximum Gasteiger partial charge on any atom is 0.343 e. The van der Waals surface area contributed by atoms with Crippen LogP contribution in [-0.4, -0.2) is 38.9 Å². The average molecular weight is 528 g/mol. The van der Waals surface area contributed by atoms with E-state index in [0.29, 0.717) is 5.75 Å². The molecule has 0 bridgehead atoms. The normalized spacial score (nSPS) is 19.7. The monoisotopic (exact) mass is 527 g/mol. The summed E-state index contributed by atoms with van der Waals surface area (Å²) < 4.78 is 38.8. The third-order valence-corrected chi connectivity index (χ3v) is 8.89. The molecule has 1 fully saturated rings. The van der Waals surface area contributed by atoms with E-state index in [0.717, 1.165) is 9.87 Å². The number of sulfonamides is 1. The van der Waals surface area contributed by atoms with E-state index in [2.05, 4.69) is 0 Å². The van der Waals surface area contributed by atoms with Gasteiger partial charge in [0.15, 0.2) is 10.8 Å². The highest BCUT2D eigenvalue weighted by molar-refractivity contribution is 7.89. The molecule has 11 heteroatoms. The van der Waals surface area contributed by atoms with Crippen LogP contribution in [0.1, 0.15) is 22.3 Å². The first-order chi connectivity index (χ1) is 18.1. The van der Waals surface area contributed by atoms with Crippen molar-refractivity contribution < 1.29 is 22.7 Å². The lowest BCUT2D eigenvalue weighted by molar-refractivity contribution is 0.0551. The minimum Gasteiger partial charge on any atom is -0.497 e. The molecule has 1 atom stereocenters. The molecule has 1 aliphatic carbocycles. The number of carbonyl (C=O) groups is 1. The molecule has 10 nitrogen and oxygen atoms in total. The van der Waals surface area contributed by atoms with E-state index in [1.807, 2.05) is 19.1 Å². The van der Waals surface area contributed by atoms with Gasteiger partial charge in [-0.2, -0.15) is 25.4 Å². The first-order valence-electron chi connectivity index (χ1n) is 11.4. The minimum atomic E-state index is -4.08. The molecule has 4 rings (SSSR count). The Morgan fingerprint density at radius 2 is 1.58 bits per heavy atom. The number of nitrogens with zero attached hydrogens (tertiary/aromatic N) is 5. The Kier molecular flexibility index (Phi) is 6.70. The van der Waals surface area contributed by atoms with E-state index >= 15 is 0 Å². The molecule has 1 unspecified atom stereocenters. The number of hydrogen-bond acceptors (Lipinski definition) is 9. The fraction of sp³-hybridized carbons (Fsp3) is 0.296. The van der Waals surface area contributed by atoms with Crippen molar-refractivity contribution in [2.75, 3.05) is 20.2 Å². The molecular formula is C27H21N5O5S. The van der Waals surface area contributed by atoms with Crippen LogP contribution in [0.4, 0.5) is 0 Å². The highest BCUT2D eigenvalue weighted by atomic mass is 32.2. The molecule has 2 aliphatic rings.